The summed E-state index contributed by atoms with van der Waals surface area (Å²) in [6.07, 6.45) is 4.16. The van der Waals surface area contributed by atoms with Crippen LogP contribution in [-0.4, -0.2) is 5.71 Å². The van der Waals surface area contributed by atoms with Crippen molar-refractivity contribution in [3.8, 4) is 0 Å². The molecule has 2 aromatic carbocycles. The summed E-state index contributed by atoms with van der Waals surface area (Å²) in [6.45, 7) is 8.04. The lowest BCUT2D eigenvalue weighted by molar-refractivity contribution is -0.432. The maximum absolute atomic E-state index is 8.55. The number of nitrogen functional groups attached to an aromatic ring is 1. The van der Waals surface area contributed by atoms with E-state index in [2.05, 4.69) is 24.3 Å². The molecule has 0 spiro atoms. The summed E-state index contributed by atoms with van der Waals surface area (Å²) in [6, 6.07) is 9.73. The van der Waals surface area contributed by atoms with E-state index in [9.17, 15) is 0 Å². The van der Waals surface area contributed by atoms with E-state index in [4.69, 9.17) is 53.6 Å². The Bertz CT molecular complexity index is 1150. The second-order valence-corrected chi connectivity index (χ2v) is 9.18. The van der Waals surface area contributed by atoms with E-state index in [1.54, 1.807) is 0 Å². The van der Waals surface area contributed by atoms with Crippen molar-refractivity contribution in [2.75, 3.05) is 5.73 Å². The van der Waals surface area contributed by atoms with Gasteiger partial charge in [0.2, 0.25) is 5.71 Å². The zero-order chi connectivity index (χ0) is 24.4. The number of hydrogen-bond acceptors (Lipinski definition) is 5. The van der Waals surface area contributed by atoms with E-state index in [0.29, 0.717) is 10.0 Å². The minimum absolute atomic E-state index is 0.608. The highest BCUT2D eigenvalue weighted by Crippen LogP contribution is 2.40. The van der Waals surface area contributed by atoms with Gasteiger partial charge in [0.05, 0.1) is 0 Å². The van der Waals surface area contributed by atoms with Crippen LogP contribution in [0.4, 0.5) is 5.69 Å². The van der Waals surface area contributed by atoms with Gasteiger partial charge in [-0.25, -0.2) is 0 Å². The Hall–Kier alpha value is -2.18. The van der Waals surface area contributed by atoms with Gasteiger partial charge in [-0.05, 0) is 91.9 Å². The molecule has 0 fully saturated rings. The molecule has 32 heavy (non-hydrogen) atoms. The molecular weight excluding hydrogens is 470 g/mol. The predicted octanol–water partition coefficient (Wildman–Crippen LogP) is 2.28. The summed E-state index contributed by atoms with van der Waals surface area (Å²) in [5.74, 6) is 0. The number of nitrogens with two attached hydrogens (primary N) is 2. The zero-order valence-electron chi connectivity index (χ0n) is 18.0. The van der Waals surface area contributed by atoms with Crippen LogP contribution >= 0.6 is 31.0 Å². The van der Waals surface area contributed by atoms with Crippen LogP contribution in [0.5, 0.6) is 0 Å². The number of aryl methyl sites for hydroxylation is 2. The smallest absolute Gasteiger partial charge is 0.202 e. The summed E-state index contributed by atoms with van der Waals surface area (Å²) < 4.78 is 8.55. The van der Waals surface area contributed by atoms with E-state index < -0.39 is 7.82 Å². The van der Waals surface area contributed by atoms with Crippen LogP contribution in [-0.2, 0) is 4.57 Å². The molecule has 9 heteroatoms. The van der Waals surface area contributed by atoms with Gasteiger partial charge in [-0.2, -0.15) is 7.82 Å². The summed E-state index contributed by atoms with van der Waals surface area (Å²) in [5, 5.41) is 7.39. The average Bonchev–Trinajstić information content (AvgIpc) is 2.65. The van der Waals surface area contributed by atoms with Crippen LogP contribution in [0.25, 0.3) is 5.57 Å². The maximum atomic E-state index is 8.55. The molecule has 6 nitrogen and oxygen atoms in total. The Morgan fingerprint density at radius 1 is 0.938 bits per heavy atom. The highest BCUT2D eigenvalue weighted by Gasteiger charge is 2.22. The van der Waals surface area contributed by atoms with E-state index in [0.717, 1.165) is 55.9 Å². The van der Waals surface area contributed by atoms with Crippen molar-refractivity contribution in [2.45, 2.75) is 27.7 Å². The van der Waals surface area contributed by atoms with Crippen LogP contribution in [0.15, 0.2) is 59.2 Å². The Balaban J connectivity index is 0.000000654. The zero-order valence-corrected chi connectivity index (χ0v) is 20.4. The van der Waals surface area contributed by atoms with Gasteiger partial charge >= 0.3 is 0 Å². The third-order valence-electron chi connectivity index (χ3n) is 4.98. The molecule has 0 saturated carbocycles. The largest absolute Gasteiger partial charge is 0.822 e. The van der Waals surface area contributed by atoms with Gasteiger partial charge in [0, 0.05) is 32.4 Å². The molecule has 0 saturated heterocycles. The molecule has 0 amide bonds. The normalized spacial score (nSPS) is 13.8. The number of halogens is 2. The Kier molecular flexibility index (Phi) is 8.29. The van der Waals surface area contributed by atoms with Crippen molar-refractivity contribution >= 4 is 48.0 Å². The topological polar surface area (TPSA) is 138 Å². The van der Waals surface area contributed by atoms with Crippen LogP contribution in [0.1, 0.15) is 36.1 Å². The van der Waals surface area contributed by atoms with Crippen molar-refractivity contribution in [2.24, 2.45) is 0 Å². The number of phosphoric acid groups is 1. The lowest BCUT2D eigenvalue weighted by atomic mass is 9.85. The van der Waals surface area contributed by atoms with Crippen molar-refractivity contribution < 1.29 is 24.7 Å². The average molecular weight is 493 g/mol. The van der Waals surface area contributed by atoms with E-state index in [1.807, 2.05) is 45.9 Å². The predicted molar refractivity (Wildman–Crippen MR) is 125 cm³/mol. The van der Waals surface area contributed by atoms with Gasteiger partial charge in [0.15, 0.2) is 0 Å². The van der Waals surface area contributed by atoms with E-state index in [1.165, 1.54) is 0 Å². The molecule has 0 bridgehead atoms. The molecule has 0 aliphatic heterocycles. The number of anilines is 1. The van der Waals surface area contributed by atoms with Crippen LogP contribution in [0.3, 0.4) is 0 Å². The molecule has 1 aliphatic rings. The van der Waals surface area contributed by atoms with Gasteiger partial charge in [0.1, 0.15) is 0 Å². The summed E-state index contributed by atoms with van der Waals surface area (Å²) in [4.78, 5) is 25.6. The highest BCUT2D eigenvalue weighted by molar-refractivity contribution is 7.40. The number of rotatable bonds is 2. The second-order valence-electron chi connectivity index (χ2n) is 7.47. The van der Waals surface area contributed by atoms with Crippen molar-refractivity contribution in [3.63, 3.8) is 0 Å². The minimum Gasteiger partial charge on any atom is -0.822 e. The quantitative estimate of drug-likeness (QED) is 0.489. The van der Waals surface area contributed by atoms with Crippen LogP contribution < -0.4 is 25.8 Å². The minimum atomic E-state index is -5.39. The standard InChI is InChI=1S/C23H22Cl2N2.H3O4P/c1-12-8-16(9-13(2)22(12)26)20(21-18(24)6-5-7-19(21)25)17-10-14(3)23(27)15(4)11-17;1-5(2,3)4/h5-11,26H,27H2,1-4H3;(H3,1,2,3,4)/p-2. The lowest BCUT2D eigenvalue weighted by Crippen LogP contribution is -2.41. The molecule has 0 radical (unpaired) electrons. The molecule has 4 N–H and O–H groups in total. The van der Waals surface area contributed by atoms with Gasteiger partial charge in [-0.1, -0.05) is 29.3 Å². The number of hydrogen-bond donors (Lipinski definition) is 2. The first kappa shape index (κ1) is 26.1. The second kappa shape index (κ2) is 10.2. The lowest BCUT2D eigenvalue weighted by Gasteiger charge is -2.36. The summed E-state index contributed by atoms with van der Waals surface area (Å²) >= 11 is 13.2. The van der Waals surface area contributed by atoms with Gasteiger partial charge in [-0.3, -0.25) is 5.41 Å². The van der Waals surface area contributed by atoms with Gasteiger partial charge < -0.3 is 25.0 Å². The molecular formula is C23H23Cl2N2O4P-2. The molecule has 2 aromatic rings. The maximum Gasteiger partial charge on any atom is 0.202 e. The Morgan fingerprint density at radius 2 is 1.34 bits per heavy atom. The fourth-order valence-electron chi connectivity index (χ4n) is 3.43. The molecule has 3 rings (SSSR count). The highest BCUT2D eigenvalue weighted by atomic mass is 35.5. The summed E-state index contributed by atoms with van der Waals surface area (Å²) in [5.41, 5.74) is 15.7. The van der Waals surface area contributed by atoms with Crippen molar-refractivity contribution in [3.05, 3.63) is 91.5 Å². The van der Waals surface area contributed by atoms with Crippen molar-refractivity contribution in [1.82, 2.24) is 0 Å². The first-order chi connectivity index (χ1) is 14.7. The summed E-state index contributed by atoms with van der Waals surface area (Å²) in [7, 11) is -5.39. The third kappa shape index (κ3) is 6.42. The van der Waals surface area contributed by atoms with Crippen LogP contribution in [0.2, 0.25) is 10.0 Å². The third-order valence-corrected chi connectivity index (χ3v) is 5.61. The Morgan fingerprint density at radius 3 is 1.75 bits per heavy atom. The van der Waals surface area contributed by atoms with Gasteiger partial charge in [-0.15, -0.1) is 0 Å². The Labute approximate surface area is 197 Å². The molecule has 0 aromatic heterocycles. The molecule has 1 aliphatic carbocycles. The number of allylic oxidation sites excluding steroid dienone is 5. The van der Waals surface area contributed by atoms with Crippen LogP contribution in [0, 0.1) is 13.8 Å². The van der Waals surface area contributed by atoms with Crippen molar-refractivity contribution in [1.29, 1.82) is 0 Å². The van der Waals surface area contributed by atoms with E-state index >= 15 is 0 Å². The molecule has 0 unspecified atom stereocenters. The molecule has 0 heterocycles. The SMILES string of the molecule is CC1=CC(=C(c2cc(C)c(N)c(C)c2)c2c(Cl)cccc2Cl)C=C(C)C1=[NH2+].O=P([O-])([O-])[O-]. The van der Waals surface area contributed by atoms with E-state index in [-0.39, 0.29) is 0 Å². The fourth-order valence-corrected chi connectivity index (χ4v) is 4.02. The molecule has 0 atom stereocenters. The number of benzene rings is 2. The fraction of sp³-hybridized carbons (Fsp3) is 0.174. The first-order valence-electron chi connectivity index (χ1n) is 9.49. The first-order valence-corrected chi connectivity index (χ1v) is 11.7. The monoisotopic (exact) mass is 492 g/mol. The molecule has 170 valence electrons. The van der Waals surface area contributed by atoms with Gasteiger partial charge in [0.25, 0.3) is 0 Å².